The van der Waals surface area contributed by atoms with E-state index in [0.29, 0.717) is 11.4 Å². The summed E-state index contributed by atoms with van der Waals surface area (Å²) in [6.07, 6.45) is 1.01. The van der Waals surface area contributed by atoms with Crippen LogP contribution in [0.15, 0.2) is 0 Å². The lowest BCUT2D eigenvalue weighted by Crippen LogP contribution is -2.32. The van der Waals surface area contributed by atoms with Gasteiger partial charge in [-0.2, -0.15) is 4.37 Å². The fourth-order valence-corrected chi connectivity index (χ4v) is 2.33. The summed E-state index contributed by atoms with van der Waals surface area (Å²) in [6, 6.07) is 0.0890. The van der Waals surface area contributed by atoms with Crippen LogP contribution in [0, 0.1) is 0 Å². The van der Waals surface area contributed by atoms with Gasteiger partial charge in [0.05, 0.1) is 0 Å². The van der Waals surface area contributed by atoms with Crippen LogP contribution >= 0.6 is 11.5 Å². The number of nitrogen functional groups attached to an aromatic ring is 1. The molecular formula is C11H20N4OS. The highest BCUT2D eigenvalue weighted by molar-refractivity contribution is 7.11. The molecule has 1 heterocycles. The standard InChI is InChI=1S/C11H20N4OS/c1-5-6-15(4)11-8(9(12)14-17-11)10(16)13-7(2)3/h7H,5-6H2,1-4H3,(H2,12,14)(H,13,16). The fraction of sp³-hybridized carbons (Fsp3) is 0.636. The number of carbonyl (C=O) groups excluding carboxylic acids is 1. The van der Waals surface area contributed by atoms with Crippen LogP contribution in [-0.4, -0.2) is 29.9 Å². The molecule has 0 aliphatic heterocycles. The van der Waals surface area contributed by atoms with Crippen molar-refractivity contribution in [3.05, 3.63) is 5.56 Å². The Balaban J connectivity index is 2.97. The number of rotatable bonds is 5. The minimum atomic E-state index is -0.149. The van der Waals surface area contributed by atoms with Crippen LogP contribution < -0.4 is 16.0 Å². The maximum Gasteiger partial charge on any atom is 0.258 e. The minimum Gasteiger partial charge on any atom is -0.382 e. The largest absolute Gasteiger partial charge is 0.382 e. The minimum absolute atomic E-state index is 0.0890. The highest BCUT2D eigenvalue weighted by Crippen LogP contribution is 2.29. The Morgan fingerprint density at radius 3 is 2.76 bits per heavy atom. The zero-order valence-electron chi connectivity index (χ0n) is 10.8. The summed E-state index contributed by atoms with van der Waals surface area (Å²) < 4.78 is 4.07. The zero-order chi connectivity index (χ0) is 13.0. The molecular weight excluding hydrogens is 236 g/mol. The topological polar surface area (TPSA) is 71.2 Å². The first-order valence-corrected chi connectivity index (χ1v) is 6.51. The van der Waals surface area contributed by atoms with E-state index in [4.69, 9.17) is 5.73 Å². The number of carbonyl (C=O) groups is 1. The number of hydrogen-bond acceptors (Lipinski definition) is 5. The molecule has 96 valence electrons. The fourth-order valence-electron chi connectivity index (χ4n) is 1.54. The second kappa shape index (κ2) is 5.86. The Bertz CT molecular complexity index is 389. The van der Waals surface area contributed by atoms with Gasteiger partial charge >= 0.3 is 0 Å². The van der Waals surface area contributed by atoms with Gasteiger partial charge in [-0.25, -0.2) is 0 Å². The molecule has 0 aliphatic rings. The predicted molar refractivity (Wildman–Crippen MR) is 72.7 cm³/mol. The Labute approximate surface area is 106 Å². The van der Waals surface area contributed by atoms with Crippen molar-refractivity contribution in [2.24, 2.45) is 0 Å². The molecule has 6 heteroatoms. The van der Waals surface area contributed by atoms with Gasteiger partial charge < -0.3 is 16.0 Å². The number of hydrogen-bond donors (Lipinski definition) is 2. The molecule has 3 N–H and O–H groups in total. The molecule has 0 radical (unpaired) electrons. The van der Waals surface area contributed by atoms with Crippen LogP contribution in [0.4, 0.5) is 10.8 Å². The molecule has 1 aromatic rings. The van der Waals surface area contributed by atoms with Gasteiger partial charge in [0.15, 0.2) is 5.82 Å². The van der Waals surface area contributed by atoms with Crippen molar-refractivity contribution in [2.75, 3.05) is 24.2 Å². The number of anilines is 2. The first kappa shape index (κ1) is 13.8. The van der Waals surface area contributed by atoms with Gasteiger partial charge in [-0.05, 0) is 31.8 Å². The molecule has 0 bridgehead atoms. The highest BCUT2D eigenvalue weighted by Gasteiger charge is 2.21. The summed E-state index contributed by atoms with van der Waals surface area (Å²) in [5.74, 6) is 0.162. The molecule has 0 aliphatic carbocycles. The lowest BCUT2D eigenvalue weighted by atomic mass is 10.2. The zero-order valence-corrected chi connectivity index (χ0v) is 11.6. The Kier molecular flexibility index (Phi) is 4.74. The first-order chi connectivity index (χ1) is 7.97. The molecule has 0 spiro atoms. The van der Waals surface area contributed by atoms with Crippen LogP contribution in [0.3, 0.4) is 0 Å². The van der Waals surface area contributed by atoms with E-state index >= 15 is 0 Å². The average Bonchev–Trinajstić information content (AvgIpc) is 2.59. The predicted octanol–water partition coefficient (Wildman–Crippen LogP) is 1.71. The van der Waals surface area contributed by atoms with E-state index in [9.17, 15) is 4.79 Å². The summed E-state index contributed by atoms with van der Waals surface area (Å²) in [5, 5.41) is 3.68. The van der Waals surface area contributed by atoms with Crippen molar-refractivity contribution >= 4 is 28.3 Å². The second-order valence-electron chi connectivity index (χ2n) is 4.30. The Hall–Kier alpha value is -1.30. The lowest BCUT2D eigenvalue weighted by molar-refractivity contribution is 0.0945. The molecule has 0 fully saturated rings. The molecule has 0 aromatic carbocycles. The SMILES string of the molecule is CCCN(C)c1snc(N)c1C(=O)NC(C)C. The number of nitrogens with two attached hydrogens (primary N) is 1. The summed E-state index contributed by atoms with van der Waals surface area (Å²) in [4.78, 5) is 14.0. The third kappa shape index (κ3) is 3.33. The van der Waals surface area contributed by atoms with Gasteiger partial charge in [-0.1, -0.05) is 6.92 Å². The first-order valence-electron chi connectivity index (χ1n) is 5.74. The maximum absolute atomic E-state index is 12.0. The molecule has 17 heavy (non-hydrogen) atoms. The van der Waals surface area contributed by atoms with Gasteiger partial charge in [0.2, 0.25) is 0 Å². The van der Waals surface area contributed by atoms with Crippen molar-refractivity contribution in [1.82, 2.24) is 9.69 Å². The van der Waals surface area contributed by atoms with E-state index in [2.05, 4.69) is 16.6 Å². The monoisotopic (exact) mass is 256 g/mol. The molecule has 5 nitrogen and oxygen atoms in total. The average molecular weight is 256 g/mol. The van der Waals surface area contributed by atoms with Crippen molar-refractivity contribution in [3.8, 4) is 0 Å². The van der Waals surface area contributed by atoms with Crippen LogP contribution in [0.2, 0.25) is 0 Å². The molecule has 0 atom stereocenters. The van der Waals surface area contributed by atoms with Crippen LogP contribution in [0.25, 0.3) is 0 Å². The Morgan fingerprint density at radius 2 is 2.24 bits per heavy atom. The van der Waals surface area contributed by atoms with Crippen molar-refractivity contribution in [3.63, 3.8) is 0 Å². The van der Waals surface area contributed by atoms with Crippen molar-refractivity contribution in [2.45, 2.75) is 33.2 Å². The van der Waals surface area contributed by atoms with E-state index in [-0.39, 0.29) is 11.9 Å². The smallest absolute Gasteiger partial charge is 0.258 e. The number of nitrogens with zero attached hydrogens (tertiary/aromatic N) is 2. The van der Waals surface area contributed by atoms with Crippen LogP contribution in [0.5, 0.6) is 0 Å². The second-order valence-corrected chi connectivity index (χ2v) is 5.05. The maximum atomic E-state index is 12.0. The molecule has 0 saturated carbocycles. The molecule has 1 amide bonds. The molecule has 1 rings (SSSR count). The number of amides is 1. The normalized spacial score (nSPS) is 10.6. The molecule has 0 unspecified atom stereocenters. The van der Waals surface area contributed by atoms with Gasteiger partial charge in [0.1, 0.15) is 10.6 Å². The van der Waals surface area contributed by atoms with E-state index in [1.807, 2.05) is 25.8 Å². The van der Waals surface area contributed by atoms with Crippen LogP contribution in [-0.2, 0) is 0 Å². The van der Waals surface area contributed by atoms with Crippen molar-refractivity contribution < 1.29 is 4.79 Å². The van der Waals surface area contributed by atoms with E-state index in [1.54, 1.807) is 0 Å². The molecule has 0 saturated heterocycles. The third-order valence-electron chi connectivity index (χ3n) is 2.25. The highest BCUT2D eigenvalue weighted by atomic mass is 32.1. The summed E-state index contributed by atoms with van der Waals surface area (Å²) >= 11 is 1.27. The quantitative estimate of drug-likeness (QED) is 0.841. The number of nitrogens with one attached hydrogen (secondary N) is 1. The summed E-state index contributed by atoms with van der Waals surface area (Å²) in [7, 11) is 1.95. The summed E-state index contributed by atoms with van der Waals surface area (Å²) in [6.45, 7) is 6.81. The van der Waals surface area contributed by atoms with Gasteiger partial charge in [0, 0.05) is 19.6 Å². The van der Waals surface area contributed by atoms with Gasteiger partial charge in [-0.3, -0.25) is 4.79 Å². The van der Waals surface area contributed by atoms with Crippen LogP contribution in [0.1, 0.15) is 37.6 Å². The third-order valence-corrected chi connectivity index (χ3v) is 3.23. The number of aromatic nitrogens is 1. The van der Waals surface area contributed by atoms with E-state index in [1.165, 1.54) is 11.5 Å². The van der Waals surface area contributed by atoms with E-state index < -0.39 is 0 Å². The van der Waals surface area contributed by atoms with Crippen molar-refractivity contribution in [1.29, 1.82) is 0 Å². The van der Waals surface area contributed by atoms with Gasteiger partial charge in [-0.15, -0.1) is 0 Å². The summed E-state index contributed by atoms with van der Waals surface area (Å²) in [5.41, 5.74) is 6.26. The van der Waals surface area contributed by atoms with Gasteiger partial charge in [0.25, 0.3) is 5.91 Å². The van der Waals surface area contributed by atoms with E-state index in [0.717, 1.165) is 18.0 Å². The molecule has 1 aromatic heterocycles. The lowest BCUT2D eigenvalue weighted by Gasteiger charge is -2.17. The Morgan fingerprint density at radius 1 is 1.59 bits per heavy atom.